The van der Waals surface area contributed by atoms with Gasteiger partial charge in [0, 0.05) is 10.6 Å². The van der Waals surface area contributed by atoms with E-state index in [1.807, 2.05) is 24.3 Å². The van der Waals surface area contributed by atoms with Crippen molar-refractivity contribution in [3.63, 3.8) is 0 Å². The normalized spacial score (nSPS) is 14.4. The second kappa shape index (κ2) is 9.81. The largest absolute Gasteiger partial charge is 0.303 e. The van der Waals surface area contributed by atoms with Gasteiger partial charge in [-0.3, -0.25) is 9.13 Å². The molecule has 0 bridgehead atoms. The minimum absolute atomic E-state index is 0.197. The summed E-state index contributed by atoms with van der Waals surface area (Å²) in [5.74, 6) is -1.37. The van der Waals surface area contributed by atoms with Crippen molar-refractivity contribution in [2.45, 2.75) is 12.0 Å². The van der Waals surface area contributed by atoms with Crippen molar-refractivity contribution < 1.29 is 18.5 Å². The average Bonchev–Trinajstić information content (AvgIpc) is 2.84. The quantitative estimate of drug-likeness (QED) is 0.280. The summed E-state index contributed by atoms with van der Waals surface area (Å²) in [7, 11) is -7.95. The fourth-order valence-corrected chi connectivity index (χ4v) is 8.12. The summed E-state index contributed by atoms with van der Waals surface area (Å²) in [5.41, 5.74) is 1.11. The number of hydrogen-bond acceptors (Lipinski definition) is 3. The Morgan fingerprint density at radius 1 is 0.594 bits per heavy atom. The van der Waals surface area contributed by atoms with Gasteiger partial charge >= 0.3 is 0 Å². The second-order valence-corrected chi connectivity index (χ2v) is 12.0. The highest BCUT2D eigenvalue weighted by molar-refractivity contribution is 7.74. The molecule has 0 aliphatic rings. The molecule has 32 heavy (non-hydrogen) atoms. The van der Waals surface area contributed by atoms with Crippen LogP contribution in [0.2, 0.25) is 0 Å². The van der Waals surface area contributed by atoms with E-state index in [0.717, 1.165) is 0 Å². The van der Waals surface area contributed by atoms with Crippen LogP contribution < -0.4 is 10.6 Å². The Kier molecular flexibility index (Phi) is 6.89. The van der Waals surface area contributed by atoms with Crippen LogP contribution in [0.5, 0.6) is 0 Å². The summed E-state index contributed by atoms with van der Waals surface area (Å²) in [6.07, 6.45) is -0.197. The molecule has 0 heterocycles. The molecule has 4 rings (SSSR count). The fourth-order valence-electron chi connectivity index (χ4n) is 3.56. The summed E-state index contributed by atoms with van der Waals surface area (Å²) in [6, 6.07) is 35.2. The molecule has 0 aliphatic carbocycles. The Balaban J connectivity index is 1.82. The molecule has 0 aromatic heterocycles. The molecule has 0 aliphatic heterocycles. The highest BCUT2D eigenvalue weighted by Gasteiger charge is 2.42. The molecule has 0 spiro atoms. The molecule has 0 saturated carbocycles. The van der Waals surface area contributed by atoms with Crippen molar-refractivity contribution in [3.05, 3.63) is 132 Å². The SMILES string of the molecule is [O]P(=O)(Cc1ccccc1)C(OP(=O)(c1ccccc1)c1ccccc1)c1ccccc1. The standard InChI is InChI=1S/C26H23O4P2/c27-31(28,21-22-13-5-1-6-14-22)26(23-15-7-2-8-16-23)30-32(29,24-17-9-3-10-18-24)25-19-11-4-12-20-25/h1-20,26H,21H2. The fraction of sp³-hybridized carbons (Fsp3) is 0.0769. The molecule has 4 aromatic rings. The van der Waals surface area contributed by atoms with Crippen LogP contribution in [0, 0.1) is 0 Å². The van der Waals surface area contributed by atoms with Gasteiger partial charge in [-0.2, -0.15) is 4.89 Å². The topological polar surface area (TPSA) is 63.3 Å². The molecule has 0 amide bonds. The molecule has 4 nitrogen and oxygen atoms in total. The maximum Gasteiger partial charge on any atom is 0.272 e. The lowest BCUT2D eigenvalue weighted by Crippen LogP contribution is -2.20. The van der Waals surface area contributed by atoms with Crippen LogP contribution in [0.25, 0.3) is 0 Å². The molecule has 2 atom stereocenters. The molecular formula is C26H23O4P2. The van der Waals surface area contributed by atoms with E-state index in [1.54, 1.807) is 97.1 Å². The minimum atomic E-state index is -4.23. The van der Waals surface area contributed by atoms with Crippen molar-refractivity contribution in [1.82, 2.24) is 0 Å². The Labute approximate surface area is 188 Å². The van der Waals surface area contributed by atoms with Gasteiger partial charge in [-0.05, 0) is 35.4 Å². The van der Waals surface area contributed by atoms with Crippen molar-refractivity contribution in [1.29, 1.82) is 0 Å². The van der Waals surface area contributed by atoms with E-state index in [9.17, 15) is 14.0 Å². The van der Waals surface area contributed by atoms with Crippen molar-refractivity contribution in [2.75, 3.05) is 0 Å². The lowest BCUT2D eigenvalue weighted by atomic mass is 10.2. The molecular weight excluding hydrogens is 438 g/mol. The third-order valence-corrected chi connectivity index (χ3v) is 9.68. The van der Waals surface area contributed by atoms with Crippen LogP contribution in [0.4, 0.5) is 0 Å². The molecule has 161 valence electrons. The highest BCUT2D eigenvalue weighted by atomic mass is 31.2. The van der Waals surface area contributed by atoms with Gasteiger partial charge in [-0.25, -0.2) is 0 Å². The lowest BCUT2D eigenvalue weighted by molar-refractivity contribution is 0.254. The smallest absolute Gasteiger partial charge is 0.272 e. The van der Waals surface area contributed by atoms with E-state index in [0.29, 0.717) is 21.7 Å². The maximum atomic E-state index is 14.4. The van der Waals surface area contributed by atoms with E-state index in [4.69, 9.17) is 4.52 Å². The first kappa shape index (κ1) is 22.5. The first-order chi connectivity index (χ1) is 15.5. The van der Waals surface area contributed by atoms with Gasteiger partial charge in [0.1, 0.15) is 0 Å². The zero-order chi connectivity index (χ0) is 22.4. The van der Waals surface area contributed by atoms with Crippen LogP contribution in [-0.4, -0.2) is 0 Å². The van der Waals surface area contributed by atoms with Gasteiger partial charge in [0.25, 0.3) is 14.7 Å². The summed E-state index contributed by atoms with van der Waals surface area (Å²) < 4.78 is 34.3. The van der Waals surface area contributed by atoms with Gasteiger partial charge in [0.15, 0.2) is 5.85 Å². The van der Waals surface area contributed by atoms with Gasteiger partial charge in [0.2, 0.25) is 0 Å². The van der Waals surface area contributed by atoms with Crippen molar-refractivity contribution >= 4 is 25.3 Å². The predicted molar refractivity (Wildman–Crippen MR) is 128 cm³/mol. The highest BCUT2D eigenvalue weighted by Crippen LogP contribution is 2.65. The Hall–Kier alpha value is -2.74. The van der Waals surface area contributed by atoms with E-state index in [-0.39, 0.29) is 6.16 Å². The average molecular weight is 461 g/mol. The van der Waals surface area contributed by atoms with E-state index in [2.05, 4.69) is 0 Å². The summed E-state index contributed by atoms with van der Waals surface area (Å²) in [4.78, 5) is 13.6. The molecule has 6 heteroatoms. The Bertz CT molecular complexity index is 1190. The van der Waals surface area contributed by atoms with Gasteiger partial charge in [0.05, 0.1) is 6.16 Å². The molecule has 0 N–H and O–H groups in total. The third-order valence-electron chi connectivity index (χ3n) is 5.13. The number of hydrogen-bond donors (Lipinski definition) is 0. The first-order valence-corrected chi connectivity index (χ1v) is 13.8. The predicted octanol–water partition coefficient (Wildman–Crippen LogP) is 6.54. The monoisotopic (exact) mass is 461 g/mol. The Morgan fingerprint density at radius 3 is 1.47 bits per heavy atom. The van der Waals surface area contributed by atoms with E-state index < -0.39 is 20.6 Å². The van der Waals surface area contributed by atoms with E-state index >= 15 is 0 Å². The Morgan fingerprint density at radius 2 is 1.00 bits per heavy atom. The second-order valence-electron chi connectivity index (χ2n) is 7.46. The van der Waals surface area contributed by atoms with Crippen LogP contribution in [0.1, 0.15) is 17.0 Å². The van der Waals surface area contributed by atoms with Crippen molar-refractivity contribution in [2.24, 2.45) is 0 Å². The molecule has 0 fully saturated rings. The first-order valence-electron chi connectivity index (χ1n) is 10.3. The van der Waals surface area contributed by atoms with Crippen LogP contribution in [0.3, 0.4) is 0 Å². The molecule has 2 unspecified atom stereocenters. The maximum absolute atomic E-state index is 14.4. The summed E-state index contributed by atoms with van der Waals surface area (Å²) >= 11 is 0. The zero-order valence-electron chi connectivity index (χ0n) is 17.4. The number of benzene rings is 4. The lowest BCUT2D eigenvalue weighted by Gasteiger charge is -2.28. The molecule has 0 saturated heterocycles. The molecule has 1 radical (unpaired) electrons. The van der Waals surface area contributed by atoms with Gasteiger partial charge in [-0.1, -0.05) is 97.1 Å². The van der Waals surface area contributed by atoms with Gasteiger partial charge in [-0.15, -0.1) is 0 Å². The minimum Gasteiger partial charge on any atom is -0.303 e. The van der Waals surface area contributed by atoms with Gasteiger partial charge < -0.3 is 4.52 Å². The summed E-state index contributed by atoms with van der Waals surface area (Å²) in [6.45, 7) is 0. The van der Waals surface area contributed by atoms with Crippen molar-refractivity contribution in [3.8, 4) is 0 Å². The van der Waals surface area contributed by atoms with Crippen LogP contribution in [0.15, 0.2) is 121 Å². The summed E-state index contributed by atoms with van der Waals surface area (Å²) in [5, 5.41) is 0.902. The number of rotatable bonds is 8. The van der Waals surface area contributed by atoms with E-state index in [1.165, 1.54) is 0 Å². The van der Waals surface area contributed by atoms with Crippen LogP contribution in [-0.2, 0) is 24.7 Å². The molecule has 4 aromatic carbocycles. The van der Waals surface area contributed by atoms with Crippen LogP contribution >= 0.6 is 14.7 Å². The zero-order valence-corrected chi connectivity index (χ0v) is 19.1. The third kappa shape index (κ3) is 5.01.